The van der Waals surface area contributed by atoms with Crippen LogP contribution in [0, 0.1) is 11.7 Å². The number of rotatable bonds is 4. The Bertz CT molecular complexity index is 412. The maximum atomic E-state index is 14.2. The van der Waals surface area contributed by atoms with Crippen molar-refractivity contribution in [3.8, 4) is 0 Å². The lowest BCUT2D eigenvalue weighted by molar-refractivity contribution is 0.126. The third-order valence-corrected chi connectivity index (χ3v) is 4.57. The fourth-order valence-electron chi connectivity index (χ4n) is 2.86. The molecule has 3 heteroatoms. The van der Waals surface area contributed by atoms with E-state index in [-0.39, 0.29) is 11.2 Å². The predicted octanol–water partition coefficient (Wildman–Crippen LogP) is 4.14. The van der Waals surface area contributed by atoms with Crippen molar-refractivity contribution in [2.45, 2.75) is 45.1 Å². The van der Waals surface area contributed by atoms with Crippen LogP contribution in [0.1, 0.15) is 39.2 Å². The molecule has 0 spiro atoms. The van der Waals surface area contributed by atoms with Crippen LogP contribution < -0.4 is 5.32 Å². The van der Waals surface area contributed by atoms with E-state index in [1.54, 1.807) is 12.1 Å². The van der Waals surface area contributed by atoms with Gasteiger partial charge in [-0.1, -0.05) is 38.4 Å². The zero-order valence-corrected chi connectivity index (χ0v) is 12.0. The first-order valence-corrected chi connectivity index (χ1v) is 7.03. The van der Waals surface area contributed by atoms with Gasteiger partial charge in [0.05, 0.1) is 0 Å². The first-order chi connectivity index (χ1) is 8.47. The number of hydrogen-bond acceptors (Lipinski definition) is 1. The summed E-state index contributed by atoms with van der Waals surface area (Å²) in [5.41, 5.74) is 0.575. The Morgan fingerprint density at radius 3 is 2.67 bits per heavy atom. The summed E-state index contributed by atoms with van der Waals surface area (Å²) in [6.07, 6.45) is 2.15. The van der Waals surface area contributed by atoms with Crippen LogP contribution in [0.25, 0.3) is 0 Å². The maximum Gasteiger partial charge on any atom is 0.128 e. The topological polar surface area (TPSA) is 12.0 Å². The van der Waals surface area contributed by atoms with Gasteiger partial charge in [0.2, 0.25) is 0 Å². The van der Waals surface area contributed by atoms with Crippen LogP contribution in [0.5, 0.6) is 0 Å². The second-order valence-electron chi connectivity index (χ2n) is 5.73. The van der Waals surface area contributed by atoms with Crippen LogP contribution in [0.3, 0.4) is 0 Å². The first kappa shape index (κ1) is 13.8. The average molecular weight is 270 g/mol. The van der Waals surface area contributed by atoms with Crippen molar-refractivity contribution in [3.63, 3.8) is 0 Å². The molecule has 1 saturated carbocycles. The fraction of sp³-hybridized carbons (Fsp3) is 0.600. The van der Waals surface area contributed by atoms with Crippen molar-refractivity contribution in [2.75, 3.05) is 6.54 Å². The molecule has 0 saturated heterocycles. The Balaban J connectivity index is 2.36. The molecule has 1 fully saturated rings. The normalized spacial score (nSPS) is 27.3. The molecule has 2 rings (SSSR count). The summed E-state index contributed by atoms with van der Waals surface area (Å²) in [5.74, 6) is 0.303. The Hall–Kier alpha value is -0.600. The van der Waals surface area contributed by atoms with Gasteiger partial charge in [0.25, 0.3) is 0 Å². The molecule has 0 bridgehead atoms. The van der Waals surface area contributed by atoms with Gasteiger partial charge < -0.3 is 5.32 Å². The minimum Gasteiger partial charge on any atom is -0.314 e. The van der Waals surface area contributed by atoms with Crippen molar-refractivity contribution in [1.29, 1.82) is 0 Å². The van der Waals surface area contributed by atoms with Crippen molar-refractivity contribution >= 4 is 11.6 Å². The molecular weight excluding hydrogens is 249 g/mol. The number of nitrogens with one attached hydrogen (secondary N) is 1. The summed E-state index contributed by atoms with van der Waals surface area (Å²) < 4.78 is 14.2. The summed E-state index contributed by atoms with van der Waals surface area (Å²) in [7, 11) is 0. The van der Waals surface area contributed by atoms with Gasteiger partial charge in [0.1, 0.15) is 5.82 Å². The van der Waals surface area contributed by atoms with Gasteiger partial charge >= 0.3 is 0 Å². The summed E-state index contributed by atoms with van der Waals surface area (Å²) in [6, 6.07) is 5.39. The minimum absolute atomic E-state index is 0.132. The van der Waals surface area contributed by atoms with Crippen LogP contribution in [-0.4, -0.2) is 12.6 Å². The van der Waals surface area contributed by atoms with Gasteiger partial charge in [0.15, 0.2) is 0 Å². The lowest BCUT2D eigenvalue weighted by Crippen LogP contribution is -2.52. The Kier molecular flexibility index (Phi) is 3.98. The molecule has 2 atom stereocenters. The van der Waals surface area contributed by atoms with Gasteiger partial charge in [0, 0.05) is 28.6 Å². The molecule has 2 unspecified atom stereocenters. The molecule has 1 aromatic carbocycles. The predicted molar refractivity (Wildman–Crippen MR) is 74.6 cm³/mol. The van der Waals surface area contributed by atoms with E-state index in [0.29, 0.717) is 22.5 Å². The van der Waals surface area contributed by atoms with Gasteiger partial charge in [-0.25, -0.2) is 4.39 Å². The smallest absolute Gasteiger partial charge is 0.128 e. The molecule has 18 heavy (non-hydrogen) atoms. The summed E-state index contributed by atoms with van der Waals surface area (Å²) in [4.78, 5) is 0. The van der Waals surface area contributed by atoms with Crippen molar-refractivity contribution in [3.05, 3.63) is 34.6 Å². The molecule has 0 aliphatic heterocycles. The second kappa shape index (κ2) is 5.18. The highest BCUT2D eigenvalue weighted by atomic mass is 35.5. The van der Waals surface area contributed by atoms with Crippen LogP contribution >= 0.6 is 11.6 Å². The van der Waals surface area contributed by atoms with E-state index >= 15 is 0 Å². The number of halogens is 2. The lowest BCUT2D eigenvalue weighted by Gasteiger charge is -2.49. The first-order valence-electron chi connectivity index (χ1n) is 6.65. The Morgan fingerprint density at radius 1 is 1.50 bits per heavy atom. The number of hydrogen-bond donors (Lipinski definition) is 1. The molecule has 0 radical (unpaired) electrons. The molecule has 0 amide bonds. The number of benzene rings is 1. The zero-order chi connectivity index (χ0) is 13.3. The molecular formula is C15H21ClFN. The summed E-state index contributed by atoms with van der Waals surface area (Å²) in [6.45, 7) is 7.21. The van der Waals surface area contributed by atoms with E-state index < -0.39 is 0 Å². The van der Waals surface area contributed by atoms with Crippen molar-refractivity contribution in [2.24, 2.45) is 5.92 Å². The average Bonchev–Trinajstić information content (AvgIpc) is 2.30. The Morgan fingerprint density at radius 2 is 2.22 bits per heavy atom. The lowest BCUT2D eigenvalue weighted by atomic mass is 9.57. The quantitative estimate of drug-likeness (QED) is 0.866. The van der Waals surface area contributed by atoms with Crippen LogP contribution in [0.4, 0.5) is 4.39 Å². The van der Waals surface area contributed by atoms with Gasteiger partial charge in [-0.3, -0.25) is 0 Å². The van der Waals surface area contributed by atoms with E-state index in [0.717, 1.165) is 19.4 Å². The molecule has 0 aromatic heterocycles. The van der Waals surface area contributed by atoms with E-state index in [2.05, 4.69) is 26.1 Å². The second-order valence-corrected chi connectivity index (χ2v) is 6.14. The third-order valence-electron chi connectivity index (χ3n) is 4.25. The maximum absolute atomic E-state index is 14.2. The molecule has 1 aliphatic rings. The summed E-state index contributed by atoms with van der Waals surface area (Å²) in [5, 5.41) is 4.01. The Labute approximate surface area is 114 Å². The van der Waals surface area contributed by atoms with Crippen LogP contribution in [0.15, 0.2) is 18.2 Å². The molecule has 1 N–H and O–H groups in total. The molecule has 100 valence electrons. The van der Waals surface area contributed by atoms with Gasteiger partial charge in [-0.15, -0.1) is 0 Å². The van der Waals surface area contributed by atoms with Crippen LogP contribution in [0.2, 0.25) is 5.02 Å². The van der Waals surface area contributed by atoms with E-state index in [4.69, 9.17) is 11.6 Å². The highest BCUT2D eigenvalue weighted by Crippen LogP contribution is 2.51. The van der Waals surface area contributed by atoms with E-state index in [9.17, 15) is 4.39 Å². The van der Waals surface area contributed by atoms with Crippen LogP contribution in [-0.2, 0) is 5.41 Å². The fourth-order valence-corrected chi connectivity index (χ4v) is 3.21. The highest BCUT2D eigenvalue weighted by Gasteiger charge is 2.47. The molecule has 1 nitrogen and oxygen atoms in total. The zero-order valence-electron chi connectivity index (χ0n) is 11.3. The van der Waals surface area contributed by atoms with Gasteiger partial charge in [-0.2, -0.15) is 0 Å². The summed E-state index contributed by atoms with van der Waals surface area (Å²) >= 11 is 6.24. The standard InChI is InChI=1S/C15H21ClFN/c1-10(2)18-9-15(8-7-11(15)3)14-12(16)5-4-6-13(14)17/h4-6,10-11,18H,7-9H2,1-3H3. The van der Waals surface area contributed by atoms with Crippen molar-refractivity contribution < 1.29 is 4.39 Å². The largest absolute Gasteiger partial charge is 0.314 e. The van der Waals surface area contributed by atoms with Gasteiger partial charge in [-0.05, 0) is 30.9 Å². The molecule has 1 aliphatic carbocycles. The monoisotopic (exact) mass is 269 g/mol. The van der Waals surface area contributed by atoms with E-state index in [1.165, 1.54) is 6.07 Å². The molecule has 1 aromatic rings. The van der Waals surface area contributed by atoms with Crippen molar-refractivity contribution in [1.82, 2.24) is 5.32 Å². The van der Waals surface area contributed by atoms with E-state index in [1.807, 2.05) is 0 Å². The SMILES string of the molecule is CC(C)NCC1(c2c(F)cccc2Cl)CCC1C. The minimum atomic E-state index is -0.167. The third kappa shape index (κ3) is 2.28. The highest BCUT2D eigenvalue weighted by molar-refractivity contribution is 6.31. The molecule has 0 heterocycles.